The quantitative estimate of drug-likeness (QED) is 0.334. The molecular formula is C34H35F3N4O4. The number of rotatable bonds is 9. The van der Waals surface area contributed by atoms with Crippen molar-refractivity contribution in [1.82, 2.24) is 14.8 Å². The molecule has 2 aromatic carbocycles. The van der Waals surface area contributed by atoms with E-state index < -0.39 is 11.7 Å². The monoisotopic (exact) mass is 620 g/mol. The molecule has 1 saturated heterocycles. The van der Waals surface area contributed by atoms with E-state index in [1.54, 1.807) is 18.3 Å². The minimum absolute atomic E-state index is 0.0210. The van der Waals surface area contributed by atoms with E-state index in [0.717, 1.165) is 55.7 Å². The molecule has 0 spiro atoms. The van der Waals surface area contributed by atoms with Crippen LogP contribution in [-0.4, -0.2) is 65.3 Å². The number of carbonyl (C=O) groups excluding carboxylic acids is 2. The molecule has 1 aromatic heterocycles. The summed E-state index contributed by atoms with van der Waals surface area (Å²) in [6, 6.07) is 11.7. The van der Waals surface area contributed by atoms with Crippen molar-refractivity contribution in [2.45, 2.75) is 57.3 Å². The van der Waals surface area contributed by atoms with Gasteiger partial charge in [-0.3, -0.25) is 14.5 Å². The van der Waals surface area contributed by atoms with Gasteiger partial charge in [0.1, 0.15) is 35.0 Å². The van der Waals surface area contributed by atoms with Gasteiger partial charge in [0.25, 0.3) is 0 Å². The number of carbonyl (C=O) groups is 2. The average molecular weight is 621 g/mol. The molecule has 4 heterocycles. The summed E-state index contributed by atoms with van der Waals surface area (Å²) in [6.45, 7) is 6.45. The Morgan fingerprint density at radius 3 is 2.64 bits per heavy atom. The van der Waals surface area contributed by atoms with E-state index in [-0.39, 0.29) is 54.6 Å². The molecule has 1 N–H and O–H groups in total. The van der Waals surface area contributed by atoms with Gasteiger partial charge in [0, 0.05) is 81.1 Å². The summed E-state index contributed by atoms with van der Waals surface area (Å²) in [5, 5.41) is 2.77. The van der Waals surface area contributed by atoms with Crippen LogP contribution in [0.15, 0.2) is 48.7 Å². The Labute approximate surface area is 259 Å². The lowest BCUT2D eigenvalue weighted by Gasteiger charge is -2.34. The second kappa shape index (κ2) is 11.8. The number of alkyl halides is 3. The van der Waals surface area contributed by atoms with Crippen LogP contribution in [0.3, 0.4) is 0 Å². The number of halogens is 3. The Hall–Kier alpha value is -3.96. The molecule has 3 aromatic rings. The van der Waals surface area contributed by atoms with Crippen molar-refractivity contribution in [3.63, 3.8) is 0 Å². The zero-order valence-corrected chi connectivity index (χ0v) is 25.0. The Morgan fingerprint density at radius 1 is 1.07 bits per heavy atom. The Bertz CT molecular complexity index is 1640. The van der Waals surface area contributed by atoms with E-state index in [4.69, 9.17) is 9.47 Å². The number of anilines is 1. The van der Waals surface area contributed by atoms with Gasteiger partial charge in [0.15, 0.2) is 0 Å². The first-order valence-corrected chi connectivity index (χ1v) is 15.6. The summed E-state index contributed by atoms with van der Waals surface area (Å²) < 4.78 is 54.5. The summed E-state index contributed by atoms with van der Waals surface area (Å²) >= 11 is 0. The lowest BCUT2D eigenvalue weighted by molar-refractivity contribution is -0.138. The number of nitrogens with one attached hydrogen (secondary N) is 1. The zero-order chi connectivity index (χ0) is 31.3. The maximum absolute atomic E-state index is 14.1. The number of hydrogen-bond acceptors (Lipinski definition) is 7. The van der Waals surface area contributed by atoms with Crippen molar-refractivity contribution in [3.05, 3.63) is 76.5 Å². The molecule has 11 heteroatoms. The predicted molar refractivity (Wildman–Crippen MR) is 161 cm³/mol. The smallest absolute Gasteiger partial charge is 0.416 e. The first-order chi connectivity index (χ1) is 21.7. The fourth-order valence-electron chi connectivity index (χ4n) is 6.94. The normalized spacial score (nSPS) is 22.6. The van der Waals surface area contributed by atoms with Crippen LogP contribution in [0.1, 0.15) is 53.5 Å². The molecule has 2 fully saturated rings. The largest absolute Gasteiger partial charge is 0.489 e. The number of aromatic nitrogens is 1. The van der Waals surface area contributed by atoms with Crippen molar-refractivity contribution < 1.29 is 32.2 Å². The summed E-state index contributed by atoms with van der Waals surface area (Å²) in [5.74, 6) is 2.36. The molecule has 7 rings (SSSR count). The molecule has 1 saturated carbocycles. The number of pyridine rings is 1. The highest BCUT2D eigenvalue weighted by atomic mass is 19.4. The van der Waals surface area contributed by atoms with Gasteiger partial charge in [0.05, 0.1) is 5.56 Å². The van der Waals surface area contributed by atoms with Crippen molar-refractivity contribution >= 4 is 17.5 Å². The molecule has 236 valence electrons. The van der Waals surface area contributed by atoms with Gasteiger partial charge in [0.2, 0.25) is 5.91 Å². The number of ether oxygens (including phenoxy) is 2. The highest BCUT2D eigenvalue weighted by Gasteiger charge is 2.59. The van der Waals surface area contributed by atoms with E-state index >= 15 is 0 Å². The number of Topliss-reactive ketones (excluding diaryl/α,β-unsaturated/α-hetero) is 1. The van der Waals surface area contributed by atoms with Gasteiger partial charge in [-0.15, -0.1) is 0 Å². The highest BCUT2D eigenvalue weighted by Crippen LogP contribution is 2.60. The van der Waals surface area contributed by atoms with Crippen LogP contribution >= 0.6 is 0 Å². The number of benzene rings is 2. The van der Waals surface area contributed by atoms with Crippen molar-refractivity contribution in [1.29, 1.82) is 0 Å². The third-order valence-corrected chi connectivity index (χ3v) is 9.45. The minimum Gasteiger partial charge on any atom is -0.489 e. The zero-order valence-electron chi connectivity index (χ0n) is 25.0. The molecule has 3 atom stereocenters. The summed E-state index contributed by atoms with van der Waals surface area (Å²) in [4.78, 5) is 33.4. The number of fused-ring (bicyclic) bond motifs is 4. The Morgan fingerprint density at radius 2 is 1.87 bits per heavy atom. The van der Waals surface area contributed by atoms with Gasteiger partial charge in [-0.05, 0) is 54.4 Å². The van der Waals surface area contributed by atoms with Crippen LogP contribution in [0, 0.1) is 5.92 Å². The summed E-state index contributed by atoms with van der Waals surface area (Å²) in [7, 11) is 0. The lowest BCUT2D eigenvalue weighted by Crippen LogP contribution is -2.45. The molecule has 1 unspecified atom stereocenters. The van der Waals surface area contributed by atoms with E-state index in [9.17, 15) is 22.8 Å². The second-order valence-electron chi connectivity index (χ2n) is 12.4. The number of nitrogens with zero attached hydrogens (tertiary/aromatic N) is 3. The minimum atomic E-state index is -4.49. The Kier molecular flexibility index (Phi) is 7.77. The predicted octanol–water partition coefficient (Wildman–Crippen LogP) is 5.59. The standard InChI is InChI=1S/C34H35F3N4O4/c1-2-40-11-13-41(14-12-40)19-21-4-3-20(16-27(21)34(35,36)37)15-22(42)17-26-31-25-18-23(5-7-28(25)45-32(26)31)44-29-9-10-38-33-24(29)6-8-30(43)39-33/h3-5,7,9-10,16,18,26,31-32H,2,6,8,11-15,17,19H2,1H3,(H,38,39,43)/t26-,31?,32+/m0/s1. The maximum Gasteiger partial charge on any atom is 0.416 e. The topological polar surface area (TPSA) is 84.0 Å². The van der Waals surface area contributed by atoms with Gasteiger partial charge in [-0.25, -0.2) is 4.98 Å². The van der Waals surface area contributed by atoms with Crippen LogP contribution in [0.25, 0.3) is 0 Å². The summed E-state index contributed by atoms with van der Waals surface area (Å²) in [5.41, 5.74) is 1.79. The SMILES string of the molecule is CCN1CCN(Cc2ccc(CC(=O)C[C@H]3C4c5cc(Oc6ccnc7c6CCC(=O)N7)ccc5O[C@@H]43)cc2C(F)(F)F)CC1. The molecule has 3 aliphatic heterocycles. The van der Waals surface area contributed by atoms with Crippen LogP contribution in [0.5, 0.6) is 17.2 Å². The third kappa shape index (κ3) is 6.15. The first kappa shape index (κ1) is 29.7. The van der Waals surface area contributed by atoms with Crippen LogP contribution in [0.4, 0.5) is 19.0 Å². The van der Waals surface area contributed by atoms with Gasteiger partial charge < -0.3 is 19.7 Å². The van der Waals surface area contributed by atoms with Crippen molar-refractivity contribution in [3.8, 4) is 17.2 Å². The van der Waals surface area contributed by atoms with E-state index in [1.807, 2.05) is 18.2 Å². The molecule has 8 nitrogen and oxygen atoms in total. The molecule has 1 aliphatic carbocycles. The Balaban J connectivity index is 0.989. The average Bonchev–Trinajstić information content (AvgIpc) is 3.53. The van der Waals surface area contributed by atoms with Crippen molar-refractivity contribution in [2.24, 2.45) is 5.92 Å². The number of piperazine rings is 1. The number of hydrogen-bond donors (Lipinski definition) is 1. The van der Waals surface area contributed by atoms with E-state index in [0.29, 0.717) is 35.7 Å². The van der Waals surface area contributed by atoms with E-state index in [1.165, 1.54) is 6.07 Å². The van der Waals surface area contributed by atoms with Crippen LogP contribution in [0.2, 0.25) is 0 Å². The molecule has 1 amide bonds. The molecule has 0 bridgehead atoms. The second-order valence-corrected chi connectivity index (χ2v) is 12.4. The fourth-order valence-corrected chi connectivity index (χ4v) is 6.94. The first-order valence-electron chi connectivity index (χ1n) is 15.6. The highest BCUT2D eigenvalue weighted by molar-refractivity contribution is 5.93. The number of ketones is 1. The maximum atomic E-state index is 14.1. The molecule has 4 aliphatic rings. The van der Waals surface area contributed by atoms with Gasteiger partial charge in [-0.2, -0.15) is 13.2 Å². The third-order valence-electron chi connectivity index (χ3n) is 9.45. The number of amides is 1. The summed E-state index contributed by atoms with van der Waals surface area (Å²) in [6.07, 6.45) is -1.93. The fraction of sp³-hybridized carbons (Fsp3) is 0.441. The van der Waals surface area contributed by atoms with Crippen LogP contribution in [-0.2, 0) is 35.2 Å². The van der Waals surface area contributed by atoms with Crippen molar-refractivity contribution in [2.75, 3.05) is 38.0 Å². The molecule has 0 radical (unpaired) electrons. The lowest BCUT2D eigenvalue weighted by atomic mass is 9.97. The number of likely N-dealkylation sites (N-methyl/N-ethyl adjacent to an activating group) is 1. The van der Waals surface area contributed by atoms with Gasteiger partial charge >= 0.3 is 6.18 Å². The van der Waals surface area contributed by atoms with E-state index in [2.05, 4.69) is 27.0 Å². The van der Waals surface area contributed by atoms with Crippen LogP contribution < -0.4 is 14.8 Å². The molecule has 45 heavy (non-hydrogen) atoms. The molecular weight excluding hydrogens is 585 g/mol. The van der Waals surface area contributed by atoms with Gasteiger partial charge in [-0.1, -0.05) is 19.1 Å².